The lowest BCUT2D eigenvalue weighted by Gasteiger charge is -2.26. The Kier molecular flexibility index (Phi) is 11.9. The predicted octanol–water partition coefficient (Wildman–Crippen LogP) is 20.6. The molecule has 2 aliphatic rings. The zero-order chi connectivity index (χ0) is 57.2. The standard InChI is InChI=1S/C77H74BN2S2/c1-73(2,3)47-24-20-45(21-25-47)56(46-22-26-48(27-23-46)74(4,5)6)37-44-19-33-52-57-40-58(64(42-63(57)77(13,14)62(52)38-44)79-51-31-28-49(29-32-51)75(7,8)9)54-34-35-55-59-41-60-53-17-15-16-18-66(53)81-68(60)43-65(59)80-70(55)69(54)78-72-71(80)61-39-50(76(10,11)12)30-36-67(61)82-72/h15-36,38-43,56,79H,37H2,1-14H3. The molecule has 0 bridgehead atoms. The summed E-state index contributed by atoms with van der Waals surface area (Å²) < 4.78 is 7.94. The van der Waals surface area contributed by atoms with Crippen LogP contribution in [0.3, 0.4) is 0 Å². The highest BCUT2D eigenvalue weighted by molar-refractivity contribution is 7.29. The number of hydrogen-bond donors (Lipinski definition) is 1. The van der Waals surface area contributed by atoms with E-state index >= 15 is 0 Å². The van der Waals surface area contributed by atoms with Crippen molar-refractivity contribution in [2.75, 3.05) is 5.32 Å². The van der Waals surface area contributed by atoms with Crippen LogP contribution < -0.4 is 15.6 Å². The zero-order valence-electron chi connectivity index (χ0n) is 50.3. The number of anilines is 2. The van der Waals surface area contributed by atoms with E-state index in [0.29, 0.717) is 0 Å². The maximum atomic E-state index is 4.08. The van der Waals surface area contributed by atoms with Gasteiger partial charge in [0.15, 0.2) is 0 Å². The zero-order valence-corrected chi connectivity index (χ0v) is 51.9. The van der Waals surface area contributed by atoms with Crippen molar-refractivity contribution in [1.82, 2.24) is 4.57 Å². The maximum Gasteiger partial charge on any atom is 0.211 e. The van der Waals surface area contributed by atoms with Gasteiger partial charge in [0.25, 0.3) is 0 Å². The number of thiophene rings is 2. The Morgan fingerprint density at radius 3 is 1.70 bits per heavy atom. The van der Waals surface area contributed by atoms with Crippen LogP contribution in [-0.2, 0) is 33.5 Å². The first-order valence-corrected chi connectivity index (χ1v) is 31.3. The lowest BCUT2D eigenvalue weighted by atomic mass is 9.63. The Hall–Kier alpha value is -7.18. The van der Waals surface area contributed by atoms with E-state index in [2.05, 4.69) is 284 Å². The van der Waals surface area contributed by atoms with E-state index < -0.39 is 0 Å². The number of aromatic nitrogens is 1. The summed E-state index contributed by atoms with van der Waals surface area (Å²) in [6.07, 6.45) is 0.907. The van der Waals surface area contributed by atoms with Crippen molar-refractivity contribution in [2.24, 2.45) is 0 Å². The van der Waals surface area contributed by atoms with Crippen LogP contribution in [0.5, 0.6) is 0 Å². The molecule has 0 saturated carbocycles. The SMILES string of the molecule is CC(C)(C)c1ccc(Nc2cc3c(cc2-c2ccc4c5cc6c(cc5n5c4c2[B]c2sc4ccc(C(C)(C)C)cc4c2-5)sc2ccccc26)-c2ccc(CC(c4ccc(C(C)(C)C)cc4)c4ccc(C(C)(C)C)cc4)cc2C3(C)C)cc1. The van der Waals surface area contributed by atoms with E-state index in [1.54, 1.807) is 0 Å². The van der Waals surface area contributed by atoms with Crippen molar-refractivity contribution in [3.8, 4) is 27.9 Å². The molecule has 4 heterocycles. The highest BCUT2D eigenvalue weighted by atomic mass is 32.1. The van der Waals surface area contributed by atoms with Crippen molar-refractivity contribution in [2.45, 2.75) is 136 Å². The van der Waals surface area contributed by atoms with E-state index in [1.165, 1.54) is 140 Å². The molecule has 1 aliphatic carbocycles. The smallest absolute Gasteiger partial charge is 0.211 e. The normalized spacial score (nSPS) is 14.1. The summed E-state index contributed by atoms with van der Waals surface area (Å²) in [5.41, 5.74) is 24.6. The van der Waals surface area contributed by atoms with Gasteiger partial charge in [0, 0.05) is 74.8 Å². The molecular formula is C77H74BN2S2. The summed E-state index contributed by atoms with van der Waals surface area (Å²) in [6, 6.07) is 66.6. The quantitative estimate of drug-likeness (QED) is 0.157. The molecule has 12 aromatic rings. The Morgan fingerprint density at radius 1 is 0.463 bits per heavy atom. The number of fused-ring (bicyclic) bond motifs is 13. The van der Waals surface area contributed by atoms with E-state index in [-0.39, 0.29) is 33.0 Å². The van der Waals surface area contributed by atoms with Crippen molar-refractivity contribution in [3.05, 3.63) is 220 Å². The topological polar surface area (TPSA) is 17.0 Å². The average molecular weight is 1100 g/mol. The van der Waals surface area contributed by atoms with E-state index in [4.69, 9.17) is 0 Å². The minimum absolute atomic E-state index is 0.0167. The molecule has 0 atom stereocenters. The van der Waals surface area contributed by atoms with Gasteiger partial charge in [0.1, 0.15) is 0 Å². The van der Waals surface area contributed by atoms with Gasteiger partial charge in [-0.15, -0.1) is 22.7 Å². The van der Waals surface area contributed by atoms with Gasteiger partial charge < -0.3 is 9.88 Å². The molecule has 5 heteroatoms. The van der Waals surface area contributed by atoms with E-state index in [0.717, 1.165) is 17.8 Å². The molecule has 407 valence electrons. The van der Waals surface area contributed by atoms with Crippen LogP contribution in [0.2, 0.25) is 0 Å². The van der Waals surface area contributed by atoms with Gasteiger partial charge >= 0.3 is 0 Å². The minimum Gasteiger partial charge on any atom is -0.355 e. The third-order valence-electron chi connectivity index (χ3n) is 18.5. The molecule has 1 radical (unpaired) electrons. The number of nitrogens with zero attached hydrogens (tertiary/aromatic N) is 1. The highest BCUT2D eigenvalue weighted by Gasteiger charge is 2.38. The second-order valence-electron chi connectivity index (χ2n) is 28.5. The van der Waals surface area contributed by atoms with Gasteiger partial charge in [-0.25, -0.2) is 0 Å². The molecule has 9 aromatic carbocycles. The van der Waals surface area contributed by atoms with E-state index in [9.17, 15) is 0 Å². The van der Waals surface area contributed by atoms with Crippen LogP contribution in [0.1, 0.15) is 153 Å². The fourth-order valence-electron chi connectivity index (χ4n) is 13.6. The Labute approximate surface area is 494 Å². The Bertz CT molecular complexity index is 4510. The summed E-state index contributed by atoms with van der Waals surface area (Å²) in [6.45, 7) is 32.6. The molecule has 3 aromatic heterocycles. The van der Waals surface area contributed by atoms with Crippen LogP contribution in [0.4, 0.5) is 11.4 Å². The van der Waals surface area contributed by atoms with Crippen LogP contribution in [0.15, 0.2) is 170 Å². The van der Waals surface area contributed by atoms with Gasteiger partial charge in [-0.2, -0.15) is 0 Å². The number of nitrogens with one attached hydrogen (secondary N) is 1. The van der Waals surface area contributed by atoms with Crippen LogP contribution in [0, 0.1) is 0 Å². The highest BCUT2D eigenvalue weighted by Crippen LogP contribution is 2.53. The van der Waals surface area contributed by atoms with Crippen LogP contribution in [-0.4, -0.2) is 11.8 Å². The van der Waals surface area contributed by atoms with Crippen LogP contribution in [0.25, 0.3) is 80.0 Å². The molecule has 14 rings (SSSR count). The summed E-state index contributed by atoms with van der Waals surface area (Å²) in [7, 11) is 2.54. The number of benzene rings is 9. The molecule has 2 nitrogen and oxygen atoms in total. The molecule has 0 fully saturated rings. The van der Waals surface area contributed by atoms with Gasteiger partial charge in [-0.3, -0.25) is 0 Å². The molecule has 1 aliphatic heterocycles. The summed E-state index contributed by atoms with van der Waals surface area (Å²) >= 11 is 3.83. The molecule has 0 amide bonds. The molecule has 1 N–H and O–H groups in total. The third kappa shape index (κ3) is 8.62. The van der Waals surface area contributed by atoms with Crippen molar-refractivity contribution < 1.29 is 0 Å². The van der Waals surface area contributed by atoms with Gasteiger partial charge in [0.2, 0.25) is 7.28 Å². The Morgan fingerprint density at radius 2 is 1.05 bits per heavy atom. The molecular weight excluding hydrogens is 1030 g/mol. The number of hydrogen-bond acceptors (Lipinski definition) is 3. The van der Waals surface area contributed by atoms with Crippen molar-refractivity contribution in [1.29, 1.82) is 0 Å². The first-order valence-electron chi connectivity index (χ1n) is 29.6. The average Bonchev–Trinajstić information content (AvgIpc) is 2.51. The van der Waals surface area contributed by atoms with Crippen molar-refractivity contribution in [3.63, 3.8) is 0 Å². The van der Waals surface area contributed by atoms with Gasteiger partial charge in [-0.1, -0.05) is 212 Å². The summed E-state index contributed by atoms with van der Waals surface area (Å²) in [5.74, 6) is 0.205. The molecule has 0 saturated heterocycles. The number of rotatable bonds is 7. The van der Waals surface area contributed by atoms with E-state index in [1.807, 2.05) is 22.7 Å². The fraction of sp³-hybridized carbons (Fsp3) is 0.273. The predicted molar refractivity (Wildman–Crippen MR) is 360 cm³/mol. The largest absolute Gasteiger partial charge is 0.355 e. The summed E-state index contributed by atoms with van der Waals surface area (Å²) in [5, 5.41) is 10.7. The van der Waals surface area contributed by atoms with Crippen molar-refractivity contribution >= 4 is 104 Å². The Balaban J connectivity index is 0.956. The summed E-state index contributed by atoms with van der Waals surface area (Å²) in [4.78, 5) is 0. The van der Waals surface area contributed by atoms with Gasteiger partial charge in [-0.05, 0) is 160 Å². The lowest BCUT2D eigenvalue weighted by Crippen LogP contribution is -2.35. The first kappa shape index (κ1) is 52.9. The minimum atomic E-state index is -0.254. The fourth-order valence-corrected chi connectivity index (χ4v) is 15.8. The van der Waals surface area contributed by atoms with Gasteiger partial charge in [0.05, 0.1) is 11.2 Å². The van der Waals surface area contributed by atoms with Crippen LogP contribution >= 0.6 is 22.7 Å². The third-order valence-corrected chi connectivity index (χ3v) is 20.8. The first-order chi connectivity index (χ1) is 38.9. The maximum absolute atomic E-state index is 4.08. The second kappa shape index (κ2) is 18.4. The lowest BCUT2D eigenvalue weighted by molar-refractivity contribution is 0.589. The second-order valence-corrected chi connectivity index (χ2v) is 30.7. The molecule has 0 spiro atoms. The molecule has 0 unspecified atom stereocenters. The monoisotopic (exact) mass is 1100 g/mol. The molecule has 82 heavy (non-hydrogen) atoms.